The highest BCUT2D eigenvalue weighted by molar-refractivity contribution is 7.33. The van der Waals surface area contributed by atoms with Crippen LogP contribution in [-0.2, 0) is 16.1 Å². The molecule has 1 N–H and O–H groups in total. The summed E-state index contributed by atoms with van der Waals surface area (Å²) in [5, 5.41) is 3.82. The molecular formula is C19H15NO4S2. The summed E-state index contributed by atoms with van der Waals surface area (Å²) in [6.45, 7) is 1.81. The van der Waals surface area contributed by atoms with Crippen molar-refractivity contribution >= 4 is 54.0 Å². The molecule has 0 radical (unpaired) electrons. The first kappa shape index (κ1) is 16.8. The topological polar surface area (TPSA) is 68.5 Å². The van der Waals surface area contributed by atoms with Crippen molar-refractivity contribution in [1.82, 2.24) is 5.32 Å². The lowest BCUT2D eigenvalue weighted by atomic mass is 10.2. The van der Waals surface area contributed by atoms with Crippen LogP contribution in [-0.4, -0.2) is 18.0 Å². The number of thiophene rings is 2. The number of furan rings is 1. The zero-order valence-corrected chi connectivity index (χ0v) is 15.5. The Morgan fingerprint density at radius 1 is 1.15 bits per heavy atom. The molecule has 0 aliphatic heterocycles. The van der Waals surface area contributed by atoms with Crippen molar-refractivity contribution in [3.8, 4) is 0 Å². The molecule has 4 rings (SSSR count). The summed E-state index contributed by atoms with van der Waals surface area (Å²) >= 11 is 3.04. The molecule has 0 aliphatic rings. The average molecular weight is 385 g/mol. The number of fused-ring (bicyclic) bond motifs is 3. The number of carbonyl (C=O) groups excluding carboxylic acids is 2. The van der Waals surface area contributed by atoms with Crippen LogP contribution < -0.4 is 5.32 Å². The minimum atomic E-state index is -0.880. The molecule has 132 valence electrons. The van der Waals surface area contributed by atoms with Crippen LogP contribution in [0.3, 0.4) is 0 Å². The van der Waals surface area contributed by atoms with Crippen molar-refractivity contribution in [2.45, 2.75) is 19.6 Å². The molecular weight excluding hydrogens is 370 g/mol. The highest BCUT2D eigenvalue weighted by atomic mass is 32.1. The average Bonchev–Trinajstić information content (AvgIpc) is 3.35. The van der Waals surface area contributed by atoms with E-state index in [0.717, 1.165) is 14.8 Å². The van der Waals surface area contributed by atoms with Crippen molar-refractivity contribution in [2.24, 2.45) is 0 Å². The first-order valence-corrected chi connectivity index (χ1v) is 9.67. The van der Waals surface area contributed by atoms with E-state index in [9.17, 15) is 9.59 Å². The molecule has 3 heterocycles. The lowest BCUT2D eigenvalue weighted by Crippen LogP contribution is -2.35. The van der Waals surface area contributed by atoms with E-state index in [-0.39, 0.29) is 12.5 Å². The van der Waals surface area contributed by atoms with Gasteiger partial charge in [0, 0.05) is 14.8 Å². The van der Waals surface area contributed by atoms with Gasteiger partial charge in [0.05, 0.1) is 17.5 Å². The van der Waals surface area contributed by atoms with Crippen LogP contribution in [0.25, 0.3) is 19.5 Å². The highest BCUT2D eigenvalue weighted by Crippen LogP contribution is 2.39. The number of esters is 1. The molecule has 4 aromatic rings. The van der Waals surface area contributed by atoms with E-state index >= 15 is 0 Å². The third kappa shape index (κ3) is 3.23. The fraction of sp³-hybridized carbons (Fsp3) is 0.158. The van der Waals surface area contributed by atoms with Gasteiger partial charge >= 0.3 is 5.97 Å². The molecule has 0 saturated heterocycles. The van der Waals surface area contributed by atoms with Crippen molar-refractivity contribution in [3.05, 3.63) is 59.4 Å². The summed E-state index contributed by atoms with van der Waals surface area (Å²) in [7, 11) is 0. The van der Waals surface area contributed by atoms with Crippen molar-refractivity contribution in [2.75, 3.05) is 0 Å². The van der Waals surface area contributed by atoms with Gasteiger partial charge in [0.15, 0.2) is 6.10 Å². The Balaban J connectivity index is 1.43. The van der Waals surface area contributed by atoms with Crippen LogP contribution in [0.4, 0.5) is 0 Å². The van der Waals surface area contributed by atoms with Crippen molar-refractivity contribution in [3.63, 3.8) is 0 Å². The molecule has 7 heteroatoms. The zero-order chi connectivity index (χ0) is 18.1. The molecule has 3 aromatic heterocycles. The van der Waals surface area contributed by atoms with Gasteiger partial charge in [0.2, 0.25) is 0 Å². The van der Waals surface area contributed by atoms with E-state index in [2.05, 4.69) is 11.4 Å². The normalized spacial score (nSPS) is 12.3. The first-order valence-electron chi connectivity index (χ1n) is 8.04. The summed E-state index contributed by atoms with van der Waals surface area (Å²) in [5.41, 5.74) is 0. The van der Waals surface area contributed by atoms with Gasteiger partial charge < -0.3 is 14.5 Å². The molecule has 0 fully saturated rings. The summed E-state index contributed by atoms with van der Waals surface area (Å²) in [4.78, 5) is 25.0. The summed E-state index contributed by atoms with van der Waals surface area (Å²) < 4.78 is 13.8. The van der Waals surface area contributed by atoms with Crippen LogP contribution >= 0.6 is 22.7 Å². The van der Waals surface area contributed by atoms with Crippen LogP contribution in [0.2, 0.25) is 0 Å². The molecule has 5 nitrogen and oxygen atoms in total. The Morgan fingerprint density at radius 3 is 2.81 bits per heavy atom. The monoisotopic (exact) mass is 385 g/mol. The predicted octanol–water partition coefficient (Wildman–Crippen LogP) is 4.57. The van der Waals surface area contributed by atoms with Gasteiger partial charge in [-0.2, -0.15) is 0 Å². The molecule has 0 bridgehead atoms. The van der Waals surface area contributed by atoms with Gasteiger partial charge in [-0.3, -0.25) is 4.79 Å². The number of carbonyl (C=O) groups is 2. The molecule has 26 heavy (non-hydrogen) atoms. The Bertz CT molecular complexity index is 1080. The van der Waals surface area contributed by atoms with Crippen LogP contribution in [0, 0.1) is 0 Å². The van der Waals surface area contributed by atoms with Gasteiger partial charge in [-0.15, -0.1) is 22.7 Å². The molecule has 0 aliphatic carbocycles. The lowest BCUT2D eigenvalue weighted by Gasteiger charge is -2.12. The fourth-order valence-corrected chi connectivity index (χ4v) is 5.01. The summed E-state index contributed by atoms with van der Waals surface area (Å²) in [6, 6.07) is 13.4. The van der Waals surface area contributed by atoms with Gasteiger partial charge in [-0.25, -0.2) is 4.79 Å². The SMILES string of the molecule is C[C@H](OC(=O)c1cc2sc3ccccc3c2s1)C(=O)NCc1ccco1. The number of amides is 1. The maximum atomic E-state index is 12.4. The number of ether oxygens (including phenoxy) is 1. The molecule has 1 aromatic carbocycles. The second kappa shape index (κ2) is 6.93. The van der Waals surface area contributed by atoms with Gasteiger partial charge in [0.1, 0.15) is 10.6 Å². The third-order valence-electron chi connectivity index (χ3n) is 3.92. The Hall–Kier alpha value is -2.64. The minimum absolute atomic E-state index is 0.258. The number of hydrogen-bond donors (Lipinski definition) is 1. The number of rotatable bonds is 5. The number of hydrogen-bond acceptors (Lipinski definition) is 6. The van der Waals surface area contributed by atoms with Crippen LogP contribution in [0.15, 0.2) is 53.1 Å². The van der Waals surface area contributed by atoms with E-state index in [1.54, 1.807) is 30.4 Å². The first-order chi connectivity index (χ1) is 12.6. The van der Waals surface area contributed by atoms with Crippen molar-refractivity contribution in [1.29, 1.82) is 0 Å². The second-order valence-electron chi connectivity index (χ2n) is 5.75. The van der Waals surface area contributed by atoms with E-state index in [1.165, 1.54) is 22.3 Å². The Labute approximate surface area is 157 Å². The Kier molecular flexibility index (Phi) is 4.48. The number of benzene rings is 1. The number of nitrogens with one attached hydrogen (secondary N) is 1. The largest absolute Gasteiger partial charge is 0.467 e. The maximum Gasteiger partial charge on any atom is 0.349 e. The minimum Gasteiger partial charge on any atom is -0.467 e. The summed E-state index contributed by atoms with van der Waals surface area (Å²) in [5.74, 6) is -0.205. The van der Waals surface area contributed by atoms with E-state index in [4.69, 9.17) is 9.15 Å². The Morgan fingerprint density at radius 2 is 2.00 bits per heavy atom. The van der Waals surface area contributed by atoms with Crippen molar-refractivity contribution < 1.29 is 18.7 Å². The molecule has 1 atom stereocenters. The molecule has 0 spiro atoms. The molecule has 0 saturated carbocycles. The fourth-order valence-electron chi connectivity index (χ4n) is 2.60. The van der Waals surface area contributed by atoms with Gasteiger partial charge in [-0.05, 0) is 31.2 Å². The van der Waals surface area contributed by atoms with Gasteiger partial charge in [-0.1, -0.05) is 18.2 Å². The van der Waals surface area contributed by atoms with E-state index < -0.39 is 12.1 Å². The van der Waals surface area contributed by atoms with Gasteiger partial charge in [0.25, 0.3) is 5.91 Å². The molecule has 0 unspecified atom stereocenters. The predicted molar refractivity (Wildman–Crippen MR) is 103 cm³/mol. The smallest absolute Gasteiger partial charge is 0.349 e. The van der Waals surface area contributed by atoms with Crippen LogP contribution in [0.5, 0.6) is 0 Å². The van der Waals surface area contributed by atoms with E-state index in [1.807, 2.05) is 24.3 Å². The molecule has 1 amide bonds. The zero-order valence-electron chi connectivity index (χ0n) is 13.9. The lowest BCUT2D eigenvalue weighted by molar-refractivity contribution is -0.129. The second-order valence-corrected chi connectivity index (χ2v) is 7.88. The summed E-state index contributed by atoms with van der Waals surface area (Å²) in [6.07, 6.45) is 0.659. The maximum absolute atomic E-state index is 12.4. The third-order valence-corrected chi connectivity index (χ3v) is 6.32. The van der Waals surface area contributed by atoms with E-state index in [0.29, 0.717) is 10.6 Å². The standard InChI is InChI=1S/C19H15NO4S2/c1-11(18(21)20-10-12-5-4-8-23-12)24-19(22)16-9-15-17(26-16)13-6-2-3-7-14(13)25-15/h2-9,11H,10H2,1H3,(H,20,21)/t11-/m0/s1. The highest BCUT2D eigenvalue weighted by Gasteiger charge is 2.21. The van der Waals surface area contributed by atoms with Crippen LogP contribution in [0.1, 0.15) is 22.4 Å². The quantitative estimate of drug-likeness (QED) is 0.511.